The van der Waals surface area contributed by atoms with Gasteiger partial charge >= 0.3 is 0 Å². The van der Waals surface area contributed by atoms with Gasteiger partial charge in [0.25, 0.3) is 0 Å². The quantitative estimate of drug-likeness (QED) is 0.0398. The van der Waals surface area contributed by atoms with Crippen molar-refractivity contribution in [3.05, 3.63) is 24.3 Å². The summed E-state index contributed by atoms with van der Waals surface area (Å²) in [7, 11) is 0. The Labute approximate surface area is 267 Å². The van der Waals surface area contributed by atoms with Gasteiger partial charge in [-0.05, 0) is 64.2 Å². The summed E-state index contributed by atoms with van der Waals surface area (Å²) in [4.78, 5) is 14.5. The van der Waals surface area contributed by atoms with E-state index in [0.29, 0.717) is 5.33 Å². The fourth-order valence-corrected chi connectivity index (χ4v) is 5.90. The number of hydrogen-bond acceptors (Lipinski definition) is 1. The van der Waals surface area contributed by atoms with E-state index in [2.05, 4.69) is 59.0 Å². The number of amides is 1. The van der Waals surface area contributed by atoms with Crippen molar-refractivity contribution in [2.45, 2.75) is 194 Å². The van der Waals surface area contributed by atoms with Gasteiger partial charge in [0.2, 0.25) is 5.91 Å². The molecule has 0 saturated heterocycles. The second-order valence-corrected chi connectivity index (χ2v) is 13.0. The van der Waals surface area contributed by atoms with Crippen molar-refractivity contribution in [2.75, 3.05) is 18.4 Å². The maximum atomic E-state index is 12.4. The molecule has 0 aromatic heterocycles. The van der Waals surface area contributed by atoms with Gasteiger partial charge in [0, 0.05) is 13.1 Å². The van der Waals surface area contributed by atoms with Crippen molar-refractivity contribution >= 4 is 21.8 Å². The summed E-state index contributed by atoms with van der Waals surface area (Å²) in [5.74, 6) is 0.269. The minimum Gasteiger partial charge on any atom is -0.342 e. The van der Waals surface area contributed by atoms with E-state index in [9.17, 15) is 4.79 Å². The van der Waals surface area contributed by atoms with Crippen LogP contribution in [-0.2, 0) is 4.79 Å². The summed E-state index contributed by atoms with van der Waals surface area (Å²) in [6, 6.07) is 0. The molecular weight excluding hydrogens is 566 g/mol. The highest BCUT2D eigenvalue weighted by Gasteiger charge is 2.11. The largest absolute Gasteiger partial charge is 0.342 e. The van der Waals surface area contributed by atoms with E-state index in [4.69, 9.17) is 0 Å². The van der Waals surface area contributed by atoms with Crippen molar-refractivity contribution in [3.63, 3.8) is 0 Å². The van der Waals surface area contributed by atoms with Gasteiger partial charge in [0.15, 0.2) is 0 Å². The molecule has 0 aromatic rings. The number of unbranched alkanes of at least 4 members (excludes halogenated alkanes) is 24. The lowest BCUT2D eigenvalue weighted by Crippen LogP contribution is -2.33. The average Bonchev–Trinajstić information content (AvgIpc) is 2.99. The molecule has 0 spiro atoms. The van der Waals surface area contributed by atoms with Crippen LogP contribution in [0.3, 0.4) is 0 Å². The van der Waals surface area contributed by atoms with E-state index < -0.39 is 0 Å². The number of rotatable bonds is 33. The Balaban J connectivity index is 3.57. The van der Waals surface area contributed by atoms with Crippen LogP contribution in [-0.4, -0.2) is 29.2 Å². The Morgan fingerprint density at radius 1 is 0.439 bits per heavy atom. The van der Waals surface area contributed by atoms with Crippen LogP contribution in [0.5, 0.6) is 0 Å². The van der Waals surface area contributed by atoms with Crippen molar-refractivity contribution in [2.24, 2.45) is 0 Å². The zero-order valence-corrected chi connectivity index (χ0v) is 29.5. The fourth-order valence-electron chi connectivity index (χ4n) is 5.55. The highest BCUT2D eigenvalue weighted by molar-refractivity contribution is 9.09. The Morgan fingerprint density at radius 2 is 0.707 bits per heavy atom. The Kier molecular flexibility index (Phi) is 35.1. The highest BCUT2D eigenvalue weighted by Crippen LogP contribution is 2.13. The number of carbonyl (C=O) groups excluding carboxylic acids is 1. The lowest BCUT2D eigenvalue weighted by atomic mass is 10.1. The first kappa shape index (κ1) is 40.4. The summed E-state index contributed by atoms with van der Waals surface area (Å²) < 4.78 is 0. The van der Waals surface area contributed by atoms with E-state index in [1.165, 1.54) is 167 Å². The third-order valence-electron chi connectivity index (χ3n) is 8.35. The molecule has 41 heavy (non-hydrogen) atoms. The SMILES string of the molecule is CCCCCCCC/C=C\CCCCCCCCN(CCCCCCCC/C=C\CCCCCCCC)C(=O)CBr. The van der Waals surface area contributed by atoms with Crippen LogP contribution in [0.4, 0.5) is 0 Å². The van der Waals surface area contributed by atoms with Gasteiger partial charge in [-0.1, -0.05) is 170 Å². The van der Waals surface area contributed by atoms with Crippen LogP contribution in [0.1, 0.15) is 194 Å². The summed E-state index contributed by atoms with van der Waals surface area (Å²) in [6.07, 6.45) is 46.9. The van der Waals surface area contributed by atoms with Crippen molar-refractivity contribution in [1.82, 2.24) is 4.90 Å². The van der Waals surface area contributed by atoms with Crippen LogP contribution in [0.15, 0.2) is 24.3 Å². The van der Waals surface area contributed by atoms with Gasteiger partial charge in [-0.25, -0.2) is 0 Å². The molecule has 0 saturated carbocycles. The molecule has 0 rings (SSSR count). The number of halogens is 1. The molecule has 2 nitrogen and oxygen atoms in total. The molecule has 0 atom stereocenters. The lowest BCUT2D eigenvalue weighted by molar-refractivity contribution is -0.128. The minimum atomic E-state index is 0.269. The number of hydrogen-bond donors (Lipinski definition) is 0. The molecule has 0 aromatic carbocycles. The van der Waals surface area contributed by atoms with Crippen LogP contribution >= 0.6 is 15.9 Å². The molecule has 1 amide bonds. The molecule has 0 unspecified atom stereocenters. The van der Waals surface area contributed by atoms with Crippen molar-refractivity contribution in [1.29, 1.82) is 0 Å². The van der Waals surface area contributed by atoms with Crippen LogP contribution < -0.4 is 0 Å². The van der Waals surface area contributed by atoms with Gasteiger partial charge in [-0.3, -0.25) is 4.79 Å². The first-order chi connectivity index (χ1) is 20.3. The van der Waals surface area contributed by atoms with E-state index in [-0.39, 0.29) is 5.91 Å². The molecule has 0 bridgehead atoms. The molecule has 0 heterocycles. The summed E-state index contributed by atoms with van der Waals surface area (Å²) in [6.45, 7) is 6.45. The second kappa shape index (κ2) is 35.6. The summed E-state index contributed by atoms with van der Waals surface area (Å²) >= 11 is 3.39. The molecule has 0 aliphatic rings. The van der Waals surface area contributed by atoms with Crippen LogP contribution in [0.25, 0.3) is 0 Å². The van der Waals surface area contributed by atoms with Crippen molar-refractivity contribution in [3.8, 4) is 0 Å². The normalized spacial score (nSPS) is 11.8. The van der Waals surface area contributed by atoms with Gasteiger partial charge in [-0.15, -0.1) is 0 Å². The van der Waals surface area contributed by atoms with Gasteiger partial charge in [-0.2, -0.15) is 0 Å². The first-order valence-corrected chi connectivity index (χ1v) is 19.5. The Morgan fingerprint density at radius 3 is 1.00 bits per heavy atom. The number of nitrogens with zero attached hydrogens (tertiary/aromatic N) is 1. The highest BCUT2D eigenvalue weighted by atomic mass is 79.9. The van der Waals surface area contributed by atoms with Gasteiger partial charge in [0.05, 0.1) is 5.33 Å². The molecule has 242 valence electrons. The smallest absolute Gasteiger partial charge is 0.233 e. The van der Waals surface area contributed by atoms with E-state index in [1.807, 2.05) is 0 Å². The number of carbonyl (C=O) groups is 1. The molecule has 0 radical (unpaired) electrons. The van der Waals surface area contributed by atoms with Crippen LogP contribution in [0.2, 0.25) is 0 Å². The van der Waals surface area contributed by atoms with E-state index in [0.717, 1.165) is 25.9 Å². The third-order valence-corrected chi connectivity index (χ3v) is 8.83. The zero-order valence-electron chi connectivity index (χ0n) is 28.0. The Hall–Kier alpha value is -0.570. The maximum absolute atomic E-state index is 12.4. The van der Waals surface area contributed by atoms with Gasteiger partial charge in [0.1, 0.15) is 0 Å². The molecular formula is C38H72BrNO. The fraction of sp³-hybridized carbons (Fsp3) is 0.868. The minimum absolute atomic E-state index is 0.269. The average molecular weight is 639 g/mol. The maximum Gasteiger partial charge on any atom is 0.233 e. The van der Waals surface area contributed by atoms with Crippen LogP contribution in [0, 0.1) is 0 Å². The van der Waals surface area contributed by atoms with Gasteiger partial charge < -0.3 is 4.90 Å². The molecule has 0 aliphatic heterocycles. The van der Waals surface area contributed by atoms with E-state index >= 15 is 0 Å². The standard InChI is InChI=1S/C38H72BrNO/c1-3-5-7-9-11-13-15-17-19-21-23-25-27-29-31-33-35-40(38(41)37-39)36-34-32-30-28-26-24-22-20-18-16-14-12-10-8-6-4-2/h17-20H,3-16,21-37H2,1-2H3/b19-17-,20-18-. The molecule has 0 fully saturated rings. The van der Waals surface area contributed by atoms with Crippen molar-refractivity contribution < 1.29 is 4.79 Å². The third kappa shape index (κ3) is 32.2. The predicted molar refractivity (Wildman–Crippen MR) is 189 cm³/mol. The lowest BCUT2D eigenvalue weighted by Gasteiger charge is -2.22. The molecule has 3 heteroatoms. The topological polar surface area (TPSA) is 20.3 Å². The molecule has 0 N–H and O–H groups in total. The number of alkyl halides is 1. The monoisotopic (exact) mass is 637 g/mol. The summed E-state index contributed by atoms with van der Waals surface area (Å²) in [5.41, 5.74) is 0. The van der Waals surface area contributed by atoms with E-state index in [1.54, 1.807) is 0 Å². The predicted octanol–water partition coefficient (Wildman–Crippen LogP) is 13.3. The summed E-state index contributed by atoms with van der Waals surface area (Å²) in [5, 5.41) is 0.464. The number of allylic oxidation sites excluding steroid dienone is 4. The first-order valence-electron chi connectivity index (χ1n) is 18.4. The second-order valence-electron chi connectivity index (χ2n) is 12.4. The Bertz CT molecular complexity index is 531. The zero-order chi connectivity index (χ0) is 29.9. The molecule has 0 aliphatic carbocycles.